The molecule has 2 aliphatic rings. The third-order valence-corrected chi connectivity index (χ3v) is 8.02. The van der Waals surface area contributed by atoms with Gasteiger partial charge in [0.05, 0.1) is 24.5 Å². The number of amides is 1. The largest absolute Gasteiger partial charge is 0.493 e. The molecule has 218 valence electrons. The first-order chi connectivity index (χ1) is 19.7. The summed E-state index contributed by atoms with van der Waals surface area (Å²) in [6, 6.07) is 8.72. The Kier molecular flexibility index (Phi) is 8.06. The first kappa shape index (κ1) is 28.6. The molecule has 5 heterocycles. The lowest BCUT2D eigenvalue weighted by atomic mass is 9.63. The van der Waals surface area contributed by atoms with E-state index in [1.165, 1.54) is 12.3 Å². The van der Waals surface area contributed by atoms with Gasteiger partial charge >= 0.3 is 6.18 Å². The predicted molar refractivity (Wildman–Crippen MR) is 148 cm³/mol. The summed E-state index contributed by atoms with van der Waals surface area (Å²) in [5.41, 5.74) is 1.08. The van der Waals surface area contributed by atoms with E-state index in [-0.39, 0.29) is 30.0 Å². The van der Waals surface area contributed by atoms with Crippen LogP contribution in [0.1, 0.15) is 61.6 Å². The number of nitrogens with one attached hydrogen (secondary N) is 1. The molecule has 3 aromatic rings. The van der Waals surface area contributed by atoms with Crippen LogP contribution in [0.5, 0.6) is 11.6 Å². The molecule has 1 spiro atoms. The second-order valence-corrected chi connectivity index (χ2v) is 10.4. The molecule has 2 aliphatic heterocycles. The Morgan fingerprint density at radius 3 is 2.66 bits per heavy atom. The molecule has 2 unspecified atom stereocenters. The van der Waals surface area contributed by atoms with Crippen LogP contribution in [0.3, 0.4) is 0 Å². The number of piperidine rings is 1. The van der Waals surface area contributed by atoms with Crippen molar-refractivity contribution in [3.63, 3.8) is 0 Å². The summed E-state index contributed by atoms with van der Waals surface area (Å²) in [7, 11) is 0. The van der Waals surface area contributed by atoms with Gasteiger partial charge < -0.3 is 19.7 Å². The first-order valence-electron chi connectivity index (χ1n) is 14.0. The van der Waals surface area contributed by atoms with Crippen molar-refractivity contribution in [2.45, 2.75) is 51.6 Å². The Bertz CT molecular complexity index is 1420. The van der Waals surface area contributed by atoms with E-state index in [9.17, 15) is 18.0 Å². The summed E-state index contributed by atoms with van der Waals surface area (Å²) in [5.74, 6) is -0.220. The number of rotatable bonds is 8. The van der Waals surface area contributed by atoms with Crippen LogP contribution >= 0.6 is 0 Å². The number of alkyl halides is 3. The molecule has 0 aliphatic carbocycles. The number of nitrogens with zero attached hydrogens (tertiary/aromatic N) is 4. The molecule has 0 aromatic carbocycles. The van der Waals surface area contributed by atoms with E-state index in [1.807, 2.05) is 39.0 Å². The standard InChI is InChI=1S/C30H34F3N5O3/c1-4-16-41-23-11-14-34-26(24(23)30(31,32)33)38-15-12-29(19(5-2)17-38)18-36-27(39)25-21(29)9-10-22(37-25)20-8-7-13-35-28(20)40-6-3/h7-11,13-14,19H,4-6,12,15-18H2,1-3H3,(H,36,39). The summed E-state index contributed by atoms with van der Waals surface area (Å²) in [6.07, 6.45) is 0.194. The van der Waals surface area contributed by atoms with E-state index in [0.717, 1.165) is 5.56 Å². The van der Waals surface area contributed by atoms with Crippen molar-refractivity contribution in [3.8, 4) is 22.9 Å². The van der Waals surface area contributed by atoms with Crippen LogP contribution in [0.2, 0.25) is 0 Å². The second-order valence-electron chi connectivity index (χ2n) is 10.4. The number of hydrogen-bond donors (Lipinski definition) is 1. The fourth-order valence-electron chi connectivity index (χ4n) is 6.08. The van der Waals surface area contributed by atoms with E-state index in [2.05, 4.69) is 15.3 Å². The Labute approximate surface area is 237 Å². The number of aromatic nitrogens is 3. The number of ether oxygens (including phenoxy) is 2. The Balaban J connectivity index is 1.51. The number of pyridine rings is 3. The molecular weight excluding hydrogens is 535 g/mol. The lowest BCUT2D eigenvalue weighted by molar-refractivity contribution is -0.138. The maximum atomic E-state index is 14.3. The molecule has 5 rings (SSSR count). The highest BCUT2D eigenvalue weighted by atomic mass is 19.4. The molecular formula is C30H34F3N5O3. The molecule has 1 amide bonds. The van der Waals surface area contributed by atoms with Gasteiger partial charge in [-0.3, -0.25) is 4.79 Å². The molecule has 3 aromatic heterocycles. The molecule has 0 saturated carbocycles. The maximum Gasteiger partial charge on any atom is 0.423 e. The summed E-state index contributed by atoms with van der Waals surface area (Å²) in [6.45, 7) is 7.43. The van der Waals surface area contributed by atoms with E-state index in [1.54, 1.807) is 17.2 Å². The Morgan fingerprint density at radius 1 is 1.10 bits per heavy atom. The highest BCUT2D eigenvalue weighted by Gasteiger charge is 2.50. The number of halogens is 3. The minimum Gasteiger partial charge on any atom is -0.493 e. The quantitative estimate of drug-likeness (QED) is 0.374. The summed E-state index contributed by atoms with van der Waals surface area (Å²) < 4.78 is 54.0. The average Bonchev–Trinajstić information content (AvgIpc) is 2.98. The smallest absolute Gasteiger partial charge is 0.423 e. The molecule has 1 N–H and O–H groups in total. The molecule has 1 fully saturated rings. The summed E-state index contributed by atoms with van der Waals surface area (Å²) in [4.78, 5) is 28.1. The molecule has 41 heavy (non-hydrogen) atoms. The van der Waals surface area contributed by atoms with Crippen molar-refractivity contribution in [1.29, 1.82) is 0 Å². The monoisotopic (exact) mass is 569 g/mol. The van der Waals surface area contributed by atoms with Crippen molar-refractivity contribution >= 4 is 11.7 Å². The van der Waals surface area contributed by atoms with Crippen molar-refractivity contribution in [2.75, 3.05) is 37.7 Å². The van der Waals surface area contributed by atoms with Gasteiger partial charge in [-0.2, -0.15) is 13.2 Å². The number of anilines is 1. The minimum absolute atomic E-state index is 0.0660. The minimum atomic E-state index is -4.62. The topological polar surface area (TPSA) is 89.5 Å². The summed E-state index contributed by atoms with van der Waals surface area (Å²) >= 11 is 0. The molecule has 11 heteroatoms. The van der Waals surface area contributed by atoms with Gasteiger partial charge in [0.1, 0.15) is 22.8 Å². The van der Waals surface area contributed by atoms with Crippen molar-refractivity contribution in [2.24, 2.45) is 5.92 Å². The van der Waals surface area contributed by atoms with Gasteiger partial charge in [-0.05, 0) is 55.5 Å². The molecule has 0 bridgehead atoms. The normalized spacial score (nSPS) is 20.5. The molecule has 8 nitrogen and oxygen atoms in total. The van der Waals surface area contributed by atoms with E-state index < -0.39 is 17.2 Å². The molecule has 1 saturated heterocycles. The Morgan fingerprint density at radius 2 is 1.93 bits per heavy atom. The van der Waals surface area contributed by atoms with Gasteiger partial charge in [0.15, 0.2) is 0 Å². The van der Waals surface area contributed by atoms with Gasteiger partial charge in [0.2, 0.25) is 5.88 Å². The zero-order valence-corrected chi connectivity index (χ0v) is 23.4. The maximum absolute atomic E-state index is 14.3. The lowest BCUT2D eigenvalue weighted by Crippen LogP contribution is -2.58. The second kappa shape index (κ2) is 11.5. The van der Waals surface area contributed by atoms with Crippen LogP contribution in [-0.4, -0.2) is 53.7 Å². The third-order valence-electron chi connectivity index (χ3n) is 8.02. The Hall–Kier alpha value is -3.89. The van der Waals surface area contributed by atoms with Crippen molar-refractivity contribution < 1.29 is 27.4 Å². The third kappa shape index (κ3) is 5.29. The van der Waals surface area contributed by atoms with E-state index >= 15 is 0 Å². The van der Waals surface area contributed by atoms with Crippen LogP contribution in [0.15, 0.2) is 42.7 Å². The fraction of sp³-hybridized carbons (Fsp3) is 0.467. The zero-order chi connectivity index (χ0) is 29.2. The average molecular weight is 570 g/mol. The first-order valence-corrected chi connectivity index (χ1v) is 14.0. The summed E-state index contributed by atoms with van der Waals surface area (Å²) in [5, 5.41) is 3.02. The van der Waals surface area contributed by atoms with Crippen molar-refractivity contribution in [3.05, 3.63) is 59.5 Å². The lowest BCUT2D eigenvalue weighted by Gasteiger charge is -2.50. The van der Waals surface area contributed by atoms with Crippen LogP contribution in [0, 0.1) is 5.92 Å². The number of fused-ring (bicyclic) bond motifs is 2. The van der Waals surface area contributed by atoms with Crippen molar-refractivity contribution in [1.82, 2.24) is 20.3 Å². The number of carbonyl (C=O) groups excluding carboxylic acids is 1. The molecule has 2 atom stereocenters. The van der Waals surface area contributed by atoms with E-state index in [0.29, 0.717) is 68.3 Å². The number of hydrogen-bond acceptors (Lipinski definition) is 7. The predicted octanol–water partition coefficient (Wildman–Crippen LogP) is 5.66. The van der Waals surface area contributed by atoms with Gasteiger partial charge in [-0.25, -0.2) is 15.0 Å². The fourth-order valence-corrected chi connectivity index (χ4v) is 6.08. The van der Waals surface area contributed by atoms with E-state index in [4.69, 9.17) is 14.5 Å². The van der Waals surface area contributed by atoms with Crippen LogP contribution in [-0.2, 0) is 11.6 Å². The van der Waals surface area contributed by atoms with Crippen LogP contribution in [0.4, 0.5) is 19.0 Å². The zero-order valence-electron chi connectivity index (χ0n) is 23.4. The van der Waals surface area contributed by atoms with Gasteiger partial charge in [-0.1, -0.05) is 26.3 Å². The SMILES string of the molecule is CCCOc1ccnc(N2CCC3(CNC(=O)c4nc(-c5cccnc5OCC)ccc43)C(CC)C2)c1C(F)(F)F. The van der Waals surface area contributed by atoms with Gasteiger partial charge in [0, 0.05) is 37.4 Å². The highest BCUT2D eigenvalue weighted by Crippen LogP contribution is 2.48. The van der Waals surface area contributed by atoms with Crippen LogP contribution in [0.25, 0.3) is 11.3 Å². The van der Waals surface area contributed by atoms with Gasteiger partial charge in [-0.15, -0.1) is 0 Å². The van der Waals surface area contributed by atoms with Gasteiger partial charge in [0.25, 0.3) is 5.91 Å². The molecule has 0 radical (unpaired) electrons. The number of carbonyl (C=O) groups is 1. The van der Waals surface area contributed by atoms with Crippen LogP contribution < -0.4 is 19.7 Å². The highest BCUT2D eigenvalue weighted by molar-refractivity contribution is 5.96.